The number of halogens is 1. The van der Waals surface area contributed by atoms with Gasteiger partial charge in [-0.25, -0.2) is 9.59 Å². The monoisotopic (exact) mass is 501 g/mol. The number of aliphatic carboxylic acids is 1. The lowest BCUT2D eigenvalue weighted by atomic mass is 10.0. The minimum atomic E-state index is -1.07. The number of unbranched alkanes of at least 4 members (excludes halogenated alkanes) is 2. The van der Waals surface area contributed by atoms with E-state index in [1.807, 2.05) is 6.92 Å². The normalized spacial score (nSPS) is 13.8. The van der Waals surface area contributed by atoms with Gasteiger partial charge in [-0.2, -0.15) is 0 Å². The third-order valence-electron chi connectivity index (χ3n) is 5.83. The molecule has 0 radical (unpaired) electrons. The van der Waals surface area contributed by atoms with Crippen LogP contribution in [0.1, 0.15) is 43.7 Å². The lowest BCUT2D eigenvalue weighted by Gasteiger charge is -2.20. The molecule has 0 aliphatic carbocycles. The first-order valence-corrected chi connectivity index (χ1v) is 11.4. The van der Waals surface area contributed by atoms with E-state index in [1.165, 1.54) is 0 Å². The minimum Gasteiger partial charge on any atom is -0.480 e. The van der Waals surface area contributed by atoms with Crippen molar-refractivity contribution in [2.24, 2.45) is 5.73 Å². The molecule has 0 spiro atoms. The number of hydrogen-bond donors (Lipinski definition) is 4. The van der Waals surface area contributed by atoms with Crippen LogP contribution < -0.4 is 20.9 Å². The average molecular weight is 502 g/mol. The molecule has 1 heterocycles. The van der Waals surface area contributed by atoms with Gasteiger partial charge in [0.2, 0.25) is 5.91 Å². The maximum atomic E-state index is 13.0. The number of nitrogens with two attached hydrogens (primary N) is 1. The molecule has 2 aromatic rings. The summed E-state index contributed by atoms with van der Waals surface area (Å²) in [6.07, 6.45) is 3.15. The van der Waals surface area contributed by atoms with Gasteiger partial charge in [-0.15, -0.1) is 12.4 Å². The highest BCUT2D eigenvalue weighted by atomic mass is 35.5. The summed E-state index contributed by atoms with van der Waals surface area (Å²) in [6.45, 7) is 3.07. The standard InChI is InChI=1S/C25H31N5O4.ClH/c1-2-3-4-5-22(31)28-21(24(32)33)16-17-6-10-19(11-7-17)29-14-15-30(25(29)34)20-12-8-18(9-13-20)23(26)27;/h6-13,21H,2-5,14-16H2,1H3,(H3,26,27)(H,28,31)(H,32,33);1H. The number of anilines is 2. The zero-order chi connectivity index (χ0) is 24.7. The summed E-state index contributed by atoms with van der Waals surface area (Å²) < 4.78 is 0. The molecule has 1 aliphatic rings. The number of amidine groups is 1. The van der Waals surface area contributed by atoms with Gasteiger partial charge in [0.1, 0.15) is 11.9 Å². The molecule has 3 rings (SSSR count). The van der Waals surface area contributed by atoms with Gasteiger partial charge in [0.05, 0.1) is 0 Å². The maximum absolute atomic E-state index is 13.0. The number of carboxylic acid groups (broad SMARTS) is 1. The second-order valence-corrected chi connectivity index (χ2v) is 8.33. The van der Waals surface area contributed by atoms with Crippen molar-refractivity contribution in [1.82, 2.24) is 5.32 Å². The van der Waals surface area contributed by atoms with E-state index in [0.717, 1.165) is 30.5 Å². The summed E-state index contributed by atoms with van der Waals surface area (Å²) >= 11 is 0. The highest BCUT2D eigenvalue weighted by Gasteiger charge is 2.30. The van der Waals surface area contributed by atoms with Gasteiger partial charge in [0, 0.05) is 42.9 Å². The van der Waals surface area contributed by atoms with Crippen molar-refractivity contribution in [3.63, 3.8) is 0 Å². The summed E-state index contributed by atoms with van der Waals surface area (Å²) in [6, 6.07) is 12.9. The molecule has 1 aliphatic heterocycles. The highest BCUT2D eigenvalue weighted by Crippen LogP contribution is 2.26. The predicted molar refractivity (Wildman–Crippen MR) is 139 cm³/mol. The number of benzene rings is 2. The van der Waals surface area contributed by atoms with Crippen LogP contribution in [0.5, 0.6) is 0 Å². The Labute approximate surface area is 211 Å². The first-order valence-electron chi connectivity index (χ1n) is 11.4. The van der Waals surface area contributed by atoms with Crippen LogP contribution in [0.3, 0.4) is 0 Å². The molecule has 188 valence electrons. The summed E-state index contributed by atoms with van der Waals surface area (Å²) in [7, 11) is 0. The van der Waals surface area contributed by atoms with Gasteiger partial charge in [-0.1, -0.05) is 31.9 Å². The van der Waals surface area contributed by atoms with E-state index >= 15 is 0 Å². The van der Waals surface area contributed by atoms with Crippen LogP contribution in [0.15, 0.2) is 48.5 Å². The van der Waals surface area contributed by atoms with Gasteiger partial charge in [-0.05, 0) is 48.4 Å². The number of nitrogens with zero attached hydrogens (tertiary/aromatic N) is 2. The molecule has 9 nitrogen and oxygen atoms in total. The summed E-state index contributed by atoms with van der Waals surface area (Å²) in [5, 5.41) is 19.6. The Morgan fingerprint density at radius 3 is 2.06 bits per heavy atom. The Kier molecular flexibility index (Phi) is 10.1. The summed E-state index contributed by atoms with van der Waals surface area (Å²) in [5.41, 5.74) is 8.29. The molecular formula is C25H32ClN5O4. The van der Waals surface area contributed by atoms with Crippen LogP contribution in [-0.2, 0) is 16.0 Å². The lowest BCUT2D eigenvalue weighted by Crippen LogP contribution is -2.42. The molecule has 1 atom stereocenters. The van der Waals surface area contributed by atoms with Crippen molar-refractivity contribution in [3.8, 4) is 0 Å². The van der Waals surface area contributed by atoms with Crippen LogP contribution in [-0.4, -0.2) is 48.0 Å². The number of carbonyl (C=O) groups is 3. The third kappa shape index (κ3) is 7.19. The molecule has 0 aromatic heterocycles. The van der Waals surface area contributed by atoms with Crippen molar-refractivity contribution in [1.29, 1.82) is 5.41 Å². The van der Waals surface area contributed by atoms with E-state index in [9.17, 15) is 19.5 Å². The van der Waals surface area contributed by atoms with Crippen molar-refractivity contribution in [2.45, 2.75) is 45.1 Å². The molecule has 2 aromatic carbocycles. The van der Waals surface area contributed by atoms with Crippen molar-refractivity contribution in [2.75, 3.05) is 22.9 Å². The second-order valence-electron chi connectivity index (χ2n) is 8.33. The fourth-order valence-electron chi connectivity index (χ4n) is 3.89. The van der Waals surface area contributed by atoms with Crippen molar-refractivity contribution in [3.05, 3.63) is 59.7 Å². The van der Waals surface area contributed by atoms with Crippen LogP contribution in [0.25, 0.3) is 0 Å². The smallest absolute Gasteiger partial charge is 0.329 e. The molecule has 10 heteroatoms. The number of nitrogens with one attached hydrogen (secondary N) is 2. The first-order chi connectivity index (χ1) is 16.3. The Morgan fingerprint density at radius 1 is 1.03 bits per heavy atom. The van der Waals surface area contributed by atoms with Gasteiger partial charge in [0.15, 0.2) is 0 Å². The van der Waals surface area contributed by atoms with E-state index in [2.05, 4.69) is 5.32 Å². The van der Waals surface area contributed by atoms with Gasteiger partial charge in [-0.3, -0.25) is 20.0 Å². The number of urea groups is 1. The van der Waals surface area contributed by atoms with Gasteiger partial charge >= 0.3 is 12.0 Å². The Balaban J connectivity index is 0.00000432. The molecule has 3 amide bonds. The highest BCUT2D eigenvalue weighted by molar-refractivity contribution is 6.06. The van der Waals surface area contributed by atoms with Gasteiger partial charge < -0.3 is 16.2 Å². The van der Waals surface area contributed by atoms with E-state index in [0.29, 0.717) is 30.8 Å². The Bertz CT molecular complexity index is 1040. The molecule has 1 unspecified atom stereocenters. The Hall–Kier alpha value is -3.59. The Morgan fingerprint density at radius 2 is 1.57 bits per heavy atom. The molecule has 0 bridgehead atoms. The van der Waals surface area contributed by atoms with E-state index in [4.69, 9.17) is 11.1 Å². The summed E-state index contributed by atoms with van der Waals surface area (Å²) in [5.74, 6) is -1.35. The third-order valence-corrected chi connectivity index (χ3v) is 5.83. The molecular weight excluding hydrogens is 470 g/mol. The molecule has 1 fully saturated rings. The van der Waals surface area contributed by atoms with Crippen molar-refractivity contribution < 1.29 is 19.5 Å². The minimum absolute atomic E-state index is 0. The second kappa shape index (κ2) is 12.8. The maximum Gasteiger partial charge on any atom is 0.329 e. The molecule has 35 heavy (non-hydrogen) atoms. The fraction of sp³-hybridized carbons (Fsp3) is 0.360. The van der Waals surface area contributed by atoms with Crippen LogP contribution >= 0.6 is 12.4 Å². The van der Waals surface area contributed by atoms with Gasteiger partial charge in [0.25, 0.3) is 0 Å². The number of hydrogen-bond acceptors (Lipinski definition) is 4. The van der Waals surface area contributed by atoms with Crippen LogP contribution in [0.2, 0.25) is 0 Å². The zero-order valence-corrected chi connectivity index (χ0v) is 20.5. The van der Waals surface area contributed by atoms with E-state index in [1.54, 1.807) is 58.3 Å². The zero-order valence-electron chi connectivity index (χ0n) is 19.7. The lowest BCUT2D eigenvalue weighted by molar-refractivity contribution is -0.141. The number of rotatable bonds is 11. The number of nitrogen functional groups attached to an aromatic ring is 1. The van der Waals surface area contributed by atoms with Crippen LogP contribution in [0, 0.1) is 5.41 Å². The number of amides is 3. The SMILES string of the molecule is CCCCCC(=O)NC(Cc1ccc(N2CCN(c3ccc(C(=N)N)cc3)C2=O)cc1)C(=O)O.Cl. The molecule has 5 N–H and O–H groups in total. The predicted octanol–water partition coefficient (Wildman–Crippen LogP) is 3.53. The molecule has 0 saturated carbocycles. The van der Waals surface area contributed by atoms with Crippen molar-refractivity contribution >= 4 is 47.5 Å². The molecule has 1 saturated heterocycles. The fourth-order valence-corrected chi connectivity index (χ4v) is 3.89. The first kappa shape index (κ1) is 27.7. The van der Waals surface area contributed by atoms with Crippen LogP contribution in [0.4, 0.5) is 16.2 Å². The topological polar surface area (TPSA) is 140 Å². The quantitative estimate of drug-likeness (QED) is 0.212. The van der Waals surface area contributed by atoms with E-state index < -0.39 is 12.0 Å². The number of carboxylic acids is 1. The largest absolute Gasteiger partial charge is 0.480 e. The average Bonchev–Trinajstić information content (AvgIpc) is 3.20. The summed E-state index contributed by atoms with van der Waals surface area (Å²) in [4.78, 5) is 40.0. The number of carbonyl (C=O) groups excluding carboxylic acids is 2. The van der Waals surface area contributed by atoms with E-state index in [-0.39, 0.29) is 36.6 Å².